The first kappa shape index (κ1) is 25.1. The second kappa shape index (κ2) is 11.0. The van der Waals surface area contributed by atoms with Crippen molar-refractivity contribution in [2.24, 2.45) is 0 Å². The minimum absolute atomic E-state index is 0.201. The zero-order chi connectivity index (χ0) is 24.7. The summed E-state index contributed by atoms with van der Waals surface area (Å²) in [6.07, 6.45) is 1.37. The summed E-state index contributed by atoms with van der Waals surface area (Å²) in [4.78, 5) is 19.1. The normalized spacial score (nSPS) is 19.9. The van der Waals surface area contributed by atoms with Crippen LogP contribution in [0.3, 0.4) is 0 Å². The number of nitrogens with one attached hydrogen (secondary N) is 2. The van der Waals surface area contributed by atoms with Crippen molar-refractivity contribution in [3.63, 3.8) is 0 Å². The first-order valence-corrected chi connectivity index (χ1v) is 11.0. The Balaban J connectivity index is 0.000000350. The fourth-order valence-corrected chi connectivity index (χ4v) is 3.81. The molecular weight excluding hydrogens is 440 g/mol. The smallest absolute Gasteiger partial charge is 0.328 e. The minimum Gasteiger partial charge on any atom is -0.490 e. The van der Waals surface area contributed by atoms with Crippen molar-refractivity contribution in [3.8, 4) is 11.5 Å². The summed E-state index contributed by atoms with van der Waals surface area (Å²) in [6, 6.07) is 14.1. The summed E-state index contributed by atoms with van der Waals surface area (Å²) in [5, 5.41) is 33.4. The average molecular weight is 471 g/mol. The van der Waals surface area contributed by atoms with Gasteiger partial charge in [-0.2, -0.15) is 0 Å². The Morgan fingerprint density at radius 1 is 1.12 bits per heavy atom. The maximum atomic E-state index is 10.9. The number of anilines is 1. The van der Waals surface area contributed by atoms with Gasteiger partial charge in [-0.05, 0) is 38.4 Å². The Kier molecular flexibility index (Phi) is 8.14. The van der Waals surface area contributed by atoms with Crippen molar-refractivity contribution in [3.05, 3.63) is 65.7 Å². The maximum absolute atomic E-state index is 10.9. The Bertz CT molecular complexity index is 1020. The van der Waals surface area contributed by atoms with Crippen LogP contribution in [0.2, 0.25) is 0 Å². The second-order valence-corrected chi connectivity index (χ2v) is 8.49. The Morgan fingerprint density at radius 2 is 1.79 bits per heavy atom. The van der Waals surface area contributed by atoms with Gasteiger partial charge in [-0.3, -0.25) is 0 Å². The van der Waals surface area contributed by atoms with Gasteiger partial charge in [-0.1, -0.05) is 30.3 Å². The van der Waals surface area contributed by atoms with Gasteiger partial charge in [0.15, 0.2) is 0 Å². The summed E-state index contributed by atoms with van der Waals surface area (Å²) in [6.45, 7) is 6.06. The maximum Gasteiger partial charge on any atom is 0.328 e. The molecule has 4 rings (SSSR count). The Hall–Kier alpha value is -3.56. The fraction of sp³-hybridized carbons (Fsp3) is 0.360. The summed E-state index contributed by atoms with van der Waals surface area (Å²) >= 11 is 0. The molecule has 182 valence electrons. The Labute approximate surface area is 198 Å². The SMILES string of the molecule is CC1(C)Oc2cc3c(cc2[C@H](NCCc2ccccc2)[C@H]1O)OCCN3.O=C(O)C=CC(=O)O. The van der Waals surface area contributed by atoms with E-state index in [2.05, 4.69) is 22.8 Å². The van der Waals surface area contributed by atoms with Gasteiger partial charge in [0.1, 0.15) is 29.8 Å². The highest BCUT2D eigenvalue weighted by Crippen LogP contribution is 2.45. The largest absolute Gasteiger partial charge is 0.490 e. The monoisotopic (exact) mass is 470 g/mol. The number of rotatable bonds is 6. The van der Waals surface area contributed by atoms with Gasteiger partial charge >= 0.3 is 11.9 Å². The van der Waals surface area contributed by atoms with Crippen molar-refractivity contribution in [1.82, 2.24) is 5.32 Å². The molecule has 34 heavy (non-hydrogen) atoms. The van der Waals surface area contributed by atoms with E-state index in [9.17, 15) is 14.7 Å². The molecule has 2 aliphatic rings. The second-order valence-electron chi connectivity index (χ2n) is 8.49. The predicted molar refractivity (Wildman–Crippen MR) is 126 cm³/mol. The number of benzene rings is 2. The summed E-state index contributed by atoms with van der Waals surface area (Å²) in [5.41, 5.74) is 2.51. The average Bonchev–Trinajstić information content (AvgIpc) is 2.80. The van der Waals surface area contributed by atoms with Crippen LogP contribution in [-0.4, -0.2) is 58.7 Å². The van der Waals surface area contributed by atoms with Crippen molar-refractivity contribution >= 4 is 17.6 Å². The van der Waals surface area contributed by atoms with E-state index in [0.717, 1.165) is 42.3 Å². The molecule has 0 unspecified atom stereocenters. The molecule has 0 saturated heterocycles. The number of carbonyl (C=O) groups is 2. The fourth-order valence-electron chi connectivity index (χ4n) is 3.81. The molecule has 2 aromatic rings. The van der Waals surface area contributed by atoms with E-state index < -0.39 is 23.6 Å². The topological polar surface area (TPSA) is 137 Å². The van der Waals surface area contributed by atoms with Gasteiger partial charge in [0.05, 0.1) is 11.7 Å². The molecule has 0 aromatic heterocycles. The number of fused-ring (bicyclic) bond motifs is 2. The van der Waals surface area contributed by atoms with Gasteiger partial charge in [0, 0.05) is 30.3 Å². The highest BCUT2D eigenvalue weighted by molar-refractivity contribution is 5.89. The van der Waals surface area contributed by atoms with E-state index >= 15 is 0 Å². The molecule has 2 atom stereocenters. The lowest BCUT2D eigenvalue weighted by molar-refractivity contribution is -0.134. The van der Waals surface area contributed by atoms with Gasteiger partial charge in [-0.25, -0.2) is 9.59 Å². The molecule has 9 nitrogen and oxygen atoms in total. The van der Waals surface area contributed by atoms with Gasteiger partial charge in [0.2, 0.25) is 0 Å². The van der Waals surface area contributed by atoms with E-state index in [1.807, 2.05) is 44.2 Å². The van der Waals surface area contributed by atoms with Crippen LogP contribution in [0.4, 0.5) is 5.69 Å². The Morgan fingerprint density at radius 3 is 2.44 bits per heavy atom. The summed E-state index contributed by atoms with van der Waals surface area (Å²) in [7, 11) is 0. The first-order chi connectivity index (χ1) is 16.2. The lowest BCUT2D eigenvalue weighted by atomic mass is 9.86. The number of hydrogen-bond acceptors (Lipinski definition) is 7. The van der Waals surface area contributed by atoms with Crippen LogP contribution in [0.1, 0.15) is 31.0 Å². The summed E-state index contributed by atoms with van der Waals surface area (Å²) < 4.78 is 11.9. The third kappa shape index (κ3) is 6.49. The minimum atomic E-state index is -1.26. The van der Waals surface area contributed by atoms with Crippen LogP contribution in [0.5, 0.6) is 11.5 Å². The zero-order valence-electron chi connectivity index (χ0n) is 19.2. The highest BCUT2D eigenvalue weighted by atomic mass is 16.5. The number of carboxylic acid groups (broad SMARTS) is 2. The third-order valence-electron chi connectivity index (χ3n) is 5.51. The number of hydrogen-bond donors (Lipinski definition) is 5. The summed E-state index contributed by atoms with van der Waals surface area (Å²) in [5.74, 6) is -0.894. The number of carboxylic acids is 2. The molecule has 5 N–H and O–H groups in total. The van der Waals surface area contributed by atoms with Crippen LogP contribution < -0.4 is 20.1 Å². The van der Waals surface area contributed by atoms with Crippen molar-refractivity contribution in [1.29, 1.82) is 0 Å². The van der Waals surface area contributed by atoms with E-state index in [-0.39, 0.29) is 6.04 Å². The molecule has 2 heterocycles. The van der Waals surface area contributed by atoms with Crippen molar-refractivity contribution in [2.45, 2.75) is 38.0 Å². The molecule has 2 aromatic carbocycles. The van der Waals surface area contributed by atoms with Crippen LogP contribution in [-0.2, 0) is 16.0 Å². The highest BCUT2D eigenvalue weighted by Gasteiger charge is 2.43. The van der Waals surface area contributed by atoms with E-state index in [1.165, 1.54) is 5.56 Å². The van der Waals surface area contributed by atoms with Gasteiger partial charge in [-0.15, -0.1) is 0 Å². The lowest BCUT2D eigenvalue weighted by Crippen LogP contribution is -2.52. The standard InChI is InChI=1S/C21H26N2O3.C4H4O4/c1-21(2)20(24)19(23-9-8-14-6-4-3-5-7-14)15-12-18-16(13-17(15)26-21)22-10-11-25-18;5-3(6)1-2-4(7)8/h3-7,12-13,19-20,22-24H,8-11H2,1-2H3;1-2H,(H,5,6)(H,7,8)/t19-,20+;/m0./s1. The number of aliphatic carboxylic acids is 2. The van der Waals surface area contributed by atoms with Crippen molar-refractivity contribution < 1.29 is 34.4 Å². The third-order valence-corrected chi connectivity index (χ3v) is 5.51. The zero-order valence-corrected chi connectivity index (χ0v) is 19.2. The van der Waals surface area contributed by atoms with E-state index in [0.29, 0.717) is 18.8 Å². The molecule has 0 radical (unpaired) electrons. The van der Waals surface area contributed by atoms with E-state index in [4.69, 9.17) is 19.7 Å². The van der Waals surface area contributed by atoms with Crippen LogP contribution in [0, 0.1) is 0 Å². The number of aliphatic hydroxyl groups is 1. The molecule has 0 amide bonds. The lowest BCUT2D eigenvalue weighted by Gasteiger charge is -2.43. The van der Waals surface area contributed by atoms with E-state index in [1.54, 1.807) is 0 Å². The molecule has 2 aliphatic heterocycles. The van der Waals surface area contributed by atoms with Crippen LogP contribution >= 0.6 is 0 Å². The van der Waals surface area contributed by atoms with Crippen LogP contribution in [0.25, 0.3) is 0 Å². The molecular formula is C25H30N2O7. The molecule has 0 aliphatic carbocycles. The molecule has 0 fully saturated rings. The number of aliphatic hydroxyl groups excluding tert-OH is 1. The number of ether oxygens (including phenoxy) is 2. The van der Waals surface area contributed by atoms with Gasteiger partial charge in [0.25, 0.3) is 0 Å². The predicted octanol–water partition coefficient (Wildman–Crippen LogP) is 2.61. The van der Waals surface area contributed by atoms with Gasteiger partial charge < -0.3 is 35.4 Å². The molecule has 9 heteroatoms. The quantitative estimate of drug-likeness (QED) is 0.403. The van der Waals surface area contributed by atoms with Crippen LogP contribution in [0.15, 0.2) is 54.6 Å². The van der Waals surface area contributed by atoms with Crippen molar-refractivity contribution in [2.75, 3.05) is 25.0 Å². The molecule has 0 bridgehead atoms. The molecule has 0 spiro atoms. The first-order valence-electron chi connectivity index (χ1n) is 11.0. The molecule has 0 saturated carbocycles.